The summed E-state index contributed by atoms with van der Waals surface area (Å²) >= 11 is 5.86. The maximum Gasteiger partial charge on any atom is 0.416 e. The number of amides is 1. The van der Waals surface area contributed by atoms with Gasteiger partial charge >= 0.3 is 6.18 Å². The first-order valence-corrected chi connectivity index (χ1v) is 10.1. The van der Waals surface area contributed by atoms with Gasteiger partial charge in [0, 0.05) is 12.6 Å². The molecule has 1 aliphatic rings. The molecular formula is C15H19ClF3N3O3S. The molecule has 2 N–H and O–H groups in total. The van der Waals surface area contributed by atoms with Crippen LogP contribution in [0.1, 0.15) is 18.4 Å². The third-order valence-electron chi connectivity index (χ3n) is 3.82. The first-order chi connectivity index (χ1) is 11.9. The summed E-state index contributed by atoms with van der Waals surface area (Å²) in [7, 11) is -3.35. The SMILES string of the molecule is CS(=O)(=O)NC1CCCN(CC(=O)Nc2cc(C(F)(F)F)ccc2Cl)C1. The van der Waals surface area contributed by atoms with Crippen LogP contribution in [0, 0.1) is 0 Å². The summed E-state index contributed by atoms with van der Waals surface area (Å²) in [4.78, 5) is 13.9. The van der Waals surface area contributed by atoms with E-state index >= 15 is 0 Å². The minimum atomic E-state index is -4.54. The van der Waals surface area contributed by atoms with Crippen LogP contribution < -0.4 is 10.0 Å². The van der Waals surface area contributed by atoms with Gasteiger partial charge in [-0.3, -0.25) is 9.69 Å². The minimum Gasteiger partial charge on any atom is -0.324 e. The molecule has 1 heterocycles. The van der Waals surface area contributed by atoms with Gasteiger partial charge in [0.1, 0.15) is 0 Å². The second-order valence-corrected chi connectivity index (χ2v) is 8.39. The summed E-state index contributed by atoms with van der Waals surface area (Å²) in [5, 5.41) is 2.38. The predicted molar refractivity (Wildman–Crippen MR) is 92.5 cm³/mol. The van der Waals surface area contributed by atoms with Gasteiger partial charge in [-0.2, -0.15) is 13.2 Å². The number of hydrogen-bond acceptors (Lipinski definition) is 4. The van der Waals surface area contributed by atoms with Gasteiger partial charge < -0.3 is 5.32 Å². The number of piperidine rings is 1. The fourth-order valence-corrected chi connectivity index (χ4v) is 3.75. The van der Waals surface area contributed by atoms with Crippen LogP contribution in [0.5, 0.6) is 0 Å². The number of alkyl halides is 3. The lowest BCUT2D eigenvalue weighted by atomic mass is 10.1. The van der Waals surface area contributed by atoms with E-state index in [1.165, 1.54) is 0 Å². The zero-order valence-electron chi connectivity index (χ0n) is 13.9. The number of sulfonamides is 1. The van der Waals surface area contributed by atoms with Gasteiger partial charge in [0.2, 0.25) is 15.9 Å². The number of nitrogens with zero attached hydrogens (tertiary/aromatic N) is 1. The predicted octanol–water partition coefficient (Wildman–Crippen LogP) is 2.31. The van der Waals surface area contributed by atoms with Gasteiger partial charge in [-0.05, 0) is 37.6 Å². The lowest BCUT2D eigenvalue weighted by Crippen LogP contribution is -2.49. The molecule has 6 nitrogen and oxygen atoms in total. The summed E-state index contributed by atoms with van der Waals surface area (Å²) in [5.41, 5.74) is -1.03. The molecule has 1 aromatic carbocycles. The molecule has 0 aliphatic carbocycles. The zero-order valence-corrected chi connectivity index (χ0v) is 15.5. The van der Waals surface area contributed by atoms with Gasteiger partial charge in [-0.1, -0.05) is 11.6 Å². The van der Waals surface area contributed by atoms with Crippen molar-refractivity contribution in [1.29, 1.82) is 0 Å². The van der Waals surface area contributed by atoms with E-state index in [2.05, 4.69) is 10.0 Å². The Kier molecular flexibility index (Phi) is 6.54. The Morgan fingerprint density at radius 2 is 2.08 bits per heavy atom. The molecular weight excluding hydrogens is 395 g/mol. The van der Waals surface area contributed by atoms with Crippen molar-refractivity contribution in [2.45, 2.75) is 25.1 Å². The highest BCUT2D eigenvalue weighted by Gasteiger charge is 2.31. The monoisotopic (exact) mass is 413 g/mol. The molecule has 1 atom stereocenters. The first kappa shape index (κ1) is 20.9. The molecule has 0 aromatic heterocycles. The molecule has 0 bridgehead atoms. The van der Waals surface area contributed by atoms with Gasteiger partial charge in [0.15, 0.2) is 0 Å². The number of carbonyl (C=O) groups is 1. The summed E-state index contributed by atoms with van der Waals surface area (Å²) < 4.78 is 63.4. The van der Waals surface area contributed by atoms with Crippen LogP contribution in [0.2, 0.25) is 5.02 Å². The lowest BCUT2D eigenvalue weighted by molar-refractivity contribution is -0.137. The highest BCUT2D eigenvalue weighted by Crippen LogP contribution is 2.33. The average molecular weight is 414 g/mol. The lowest BCUT2D eigenvalue weighted by Gasteiger charge is -2.32. The fourth-order valence-electron chi connectivity index (χ4n) is 2.79. The van der Waals surface area contributed by atoms with Crippen molar-refractivity contribution in [2.75, 3.05) is 31.2 Å². The minimum absolute atomic E-state index is 0.00149. The number of anilines is 1. The molecule has 1 fully saturated rings. The Labute approximate surface area is 154 Å². The standard InChI is InChI=1S/C15H19ClF3N3O3S/c1-26(24,25)21-11-3-2-6-22(8-11)9-14(23)20-13-7-10(15(17,18)19)4-5-12(13)16/h4-5,7,11,21H,2-3,6,8-9H2,1H3,(H,20,23). The number of likely N-dealkylation sites (tertiary alicyclic amines) is 1. The summed E-state index contributed by atoms with van der Waals surface area (Å²) in [6.07, 6.45) is -2.12. The van der Waals surface area contributed by atoms with Crippen LogP contribution in [0.3, 0.4) is 0 Å². The zero-order chi connectivity index (χ0) is 19.5. The van der Waals surface area contributed by atoms with Gasteiger partial charge in [0.25, 0.3) is 0 Å². The Bertz CT molecular complexity index is 771. The molecule has 26 heavy (non-hydrogen) atoms. The number of rotatable bonds is 5. The number of halogens is 4. The van der Waals surface area contributed by atoms with E-state index in [0.717, 1.165) is 24.5 Å². The molecule has 0 spiro atoms. The van der Waals surface area contributed by atoms with Crippen molar-refractivity contribution >= 4 is 33.2 Å². The summed E-state index contributed by atoms with van der Waals surface area (Å²) in [6, 6.07) is 2.39. The van der Waals surface area contributed by atoms with Crippen LogP contribution in [-0.4, -0.2) is 51.2 Å². The number of hydrogen-bond donors (Lipinski definition) is 2. The van der Waals surface area contributed by atoms with E-state index in [1.54, 1.807) is 4.90 Å². The fraction of sp³-hybridized carbons (Fsp3) is 0.533. The number of nitrogens with one attached hydrogen (secondary N) is 2. The Morgan fingerprint density at radius 3 is 2.69 bits per heavy atom. The van der Waals surface area contributed by atoms with E-state index < -0.39 is 27.7 Å². The Hall–Kier alpha value is -1.36. The first-order valence-electron chi connectivity index (χ1n) is 7.80. The normalized spacial score (nSPS) is 19.3. The highest BCUT2D eigenvalue weighted by molar-refractivity contribution is 7.88. The molecule has 0 radical (unpaired) electrons. The summed E-state index contributed by atoms with van der Waals surface area (Å²) in [6.45, 7) is 0.858. The van der Waals surface area contributed by atoms with Crippen LogP contribution in [0.25, 0.3) is 0 Å². The van der Waals surface area contributed by atoms with E-state index in [0.29, 0.717) is 25.9 Å². The molecule has 146 valence electrons. The molecule has 1 amide bonds. The van der Waals surface area contributed by atoms with Crippen molar-refractivity contribution < 1.29 is 26.4 Å². The second-order valence-electron chi connectivity index (χ2n) is 6.20. The van der Waals surface area contributed by atoms with Crippen molar-refractivity contribution in [1.82, 2.24) is 9.62 Å². The molecule has 11 heteroatoms. The van der Waals surface area contributed by atoms with Gasteiger partial charge in [-0.25, -0.2) is 13.1 Å². The van der Waals surface area contributed by atoms with Crippen molar-refractivity contribution in [3.8, 4) is 0 Å². The van der Waals surface area contributed by atoms with Crippen LogP contribution in [0.4, 0.5) is 18.9 Å². The molecule has 1 saturated heterocycles. The molecule has 0 saturated carbocycles. The third kappa shape index (κ3) is 6.42. The van der Waals surface area contributed by atoms with Crippen molar-refractivity contribution in [3.05, 3.63) is 28.8 Å². The van der Waals surface area contributed by atoms with E-state index in [-0.39, 0.29) is 23.3 Å². The third-order valence-corrected chi connectivity index (χ3v) is 4.91. The molecule has 2 rings (SSSR count). The Morgan fingerprint density at radius 1 is 1.38 bits per heavy atom. The average Bonchev–Trinajstić information content (AvgIpc) is 2.46. The van der Waals surface area contributed by atoms with Gasteiger partial charge in [-0.15, -0.1) is 0 Å². The maximum absolute atomic E-state index is 12.8. The molecule has 1 aliphatic heterocycles. The van der Waals surface area contributed by atoms with E-state index in [1.807, 2.05) is 0 Å². The number of carbonyl (C=O) groups excluding carboxylic acids is 1. The quantitative estimate of drug-likeness (QED) is 0.776. The van der Waals surface area contributed by atoms with Crippen LogP contribution >= 0.6 is 11.6 Å². The molecule has 1 unspecified atom stereocenters. The van der Waals surface area contributed by atoms with E-state index in [4.69, 9.17) is 11.6 Å². The van der Waals surface area contributed by atoms with Gasteiger partial charge in [0.05, 0.1) is 29.1 Å². The maximum atomic E-state index is 12.8. The van der Waals surface area contributed by atoms with Crippen LogP contribution in [0.15, 0.2) is 18.2 Å². The number of benzene rings is 1. The Balaban J connectivity index is 1.98. The largest absolute Gasteiger partial charge is 0.416 e. The second kappa shape index (κ2) is 8.12. The highest BCUT2D eigenvalue weighted by atomic mass is 35.5. The smallest absolute Gasteiger partial charge is 0.324 e. The summed E-state index contributed by atoms with van der Waals surface area (Å²) in [5.74, 6) is -0.522. The van der Waals surface area contributed by atoms with E-state index in [9.17, 15) is 26.4 Å². The van der Waals surface area contributed by atoms with Crippen molar-refractivity contribution in [3.63, 3.8) is 0 Å². The topological polar surface area (TPSA) is 78.5 Å². The molecule has 1 aromatic rings. The van der Waals surface area contributed by atoms with Crippen LogP contribution in [-0.2, 0) is 21.0 Å². The van der Waals surface area contributed by atoms with Crippen molar-refractivity contribution in [2.24, 2.45) is 0 Å².